The molecule has 0 amide bonds. The maximum Gasteiger partial charge on any atom is 0.0596 e. The van der Waals surface area contributed by atoms with Gasteiger partial charge in [-0.2, -0.15) is 5.10 Å². The molecule has 0 saturated carbocycles. The van der Waals surface area contributed by atoms with Crippen molar-refractivity contribution in [3.8, 4) is 0 Å². The van der Waals surface area contributed by atoms with Gasteiger partial charge in [-0.1, -0.05) is 19.4 Å². The van der Waals surface area contributed by atoms with Gasteiger partial charge in [-0.3, -0.25) is 9.67 Å². The molecule has 0 saturated heterocycles. The van der Waals surface area contributed by atoms with Crippen molar-refractivity contribution < 1.29 is 0 Å². The summed E-state index contributed by atoms with van der Waals surface area (Å²) in [6, 6.07) is 7.84. The van der Waals surface area contributed by atoms with Crippen molar-refractivity contribution in [3.63, 3.8) is 0 Å². The number of hydrogen-bond donors (Lipinski definition) is 0. The van der Waals surface area contributed by atoms with Crippen LogP contribution in [0.2, 0.25) is 0 Å². The molecule has 0 radical (unpaired) electrons. The Labute approximate surface area is 104 Å². The zero-order chi connectivity index (χ0) is 12.5. The fourth-order valence-corrected chi connectivity index (χ4v) is 1.52. The molecule has 2 rings (SSSR count). The fourth-order valence-electron chi connectivity index (χ4n) is 1.52. The lowest BCUT2D eigenvalue weighted by atomic mass is 10.3. The highest BCUT2D eigenvalue weighted by atomic mass is 15.3. The summed E-state index contributed by atoms with van der Waals surface area (Å²) >= 11 is 0. The predicted octanol–water partition coefficient (Wildman–Crippen LogP) is 3.38. The highest BCUT2D eigenvalue weighted by molar-refractivity contribution is 5.06. The first-order valence-electron chi connectivity index (χ1n) is 6.10. The van der Waals surface area contributed by atoms with Gasteiger partial charge in [0.25, 0.3) is 0 Å². The van der Waals surface area contributed by atoms with E-state index in [0.717, 1.165) is 12.2 Å². The van der Waals surface area contributed by atoms with E-state index in [2.05, 4.69) is 34.7 Å². The molecule has 17 heavy (non-hydrogen) atoms. The lowest BCUT2D eigenvalue weighted by molar-refractivity contribution is 0.556. The number of aryl methyl sites for hydroxylation is 3. The molecule has 2 aromatic rings. The van der Waals surface area contributed by atoms with Gasteiger partial charge in [-0.25, -0.2) is 0 Å². The van der Waals surface area contributed by atoms with Crippen molar-refractivity contribution in [1.29, 1.82) is 0 Å². The van der Waals surface area contributed by atoms with Crippen molar-refractivity contribution >= 4 is 0 Å². The van der Waals surface area contributed by atoms with E-state index in [-0.39, 0.29) is 0 Å². The summed E-state index contributed by atoms with van der Waals surface area (Å²) in [6.45, 7) is 7.41. The van der Waals surface area contributed by atoms with Crippen molar-refractivity contribution in [2.75, 3.05) is 0 Å². The van der Waals surface area contributed by atoms with Gasteiger partial charge in [0.15, 0.2) is 0 Å². The Morgan fingerprint density at radius 2 is 1.82 bits per heavy atom. The van der Waals surface area contributed by atoms with Crippen molar-refractivity contribution in [1.82, 2.24) is 14.8 Å². The molecule has 3 nitrogen and oxygen atoms in total. The summed E-state index contributed by atoms with van der Waals surface area (Å²) in [6.07, 6.45) is 5.96. The van der Waals surface area contributed by atoms with Gasteiger partial charge in [0, 0.05) is 24.6 Å². The number of pyridine rings is 1. The van der Waals surface area contributed by atoms with Crippen LogP contribution in [0.3, 0.4) is 0 Å². The molecule has 0 spiro atoms. The van der Waals surface area contributed by atoms with E-state index >= 15 is 0 Å². The Balaban J connectivity index is 0.000000202. The molecule has 0 bridgehead atoms. The van der Waals surface area contributed by atoms with E-state index in [9.17, 15) is 0 Å². The number of nitrogens with zero attached hydrogens (tertiary/aromatic N) is 3. The zero-order valence-corrected chi connectivity index (χ0v) is 10.9. The second-order valence-electron chi connectivity index (χ2n) is 4.03. The Morgan fingerprint density at radius 1 is 1.12 bits per heavy atom. The van der Waals surface area contributed by atoms with Crippen LogP contribution in [0.4, 0.5) is 0 Å². The summed E-state index contributed by atoms with van der Waals surface area (Å²) in [4.78, 5) is 3.78. The Morgan fingerprint density at radius 3 is 2.18 bits per heavy atom. The number of aromatic nitrogens is 3. The van der Waals surface area contributed by atoms with Gasteiger partial charge in [0.05, 0.1) is 5.69 Å². The first-order chi connectivity index (χ1) is 8.24. The number of hydrogen-bond acceptors (Lipinski definition) is 2. The average molecular weight is 231 g/mol. The molecule has 0 atom stereocenters. The summed E-state index contributed by atoms with van der Waals surface area (Å²) in [5, 5.41) is 4.36. The van der Waals surface area contributed by atoms with Crippen molar-refractivity contribution in [3.05, 3.63) is 48.0 Å². The third kappa shape index (κ3) is 5.29. The topological polar surface area (TPSA) is 30.7 Å². The predicted molar refractivity (Wildman–Crippen MR) is 70.8 cm³/mol. The molecule has 0 N–H and O–H groups in total. The maximum absolute atomic E-state index is 4.36. The van der Waals surface area contributed by atoms with Gasteiger partial charge < -0.3 is 0 Å². The second-order valence-corrected chi connectivity index (χ2v) is 4.03. The van der Waals surface area contributed by atoms with E-state index in [1.54, 1.807) is 12.4 Å². The van der Waals surface area contributed by atoms with Crippen LogP contribution in [0.5, 0.6) is 0 Å². The first kappa shape index (κ1) is 13.4. The smallest absolute Gasteiger partial charge is 0.0596 e. The van der Waals surface area contributed by atoms with Crippen LogP contribution in [0.1, 0.15) is 31.2 Å². The molecule has 3 heteroatoms. The molecule has 0 aliphatic heterocycles. The minimum Gasteiger partial charge on any atom is -0.270 e. The Kier molecular flexibility index (Phi) is 6.00. The molecule has 2 aromatic heterocycles. The lowest BCUT2D eigenvalue weighted by Gasteiger charge is -2.00. The molecular formula is C14H21N3. The normalized spacial score (nSPS) is 9.59. The van der Waals surface area contributed by atoms with Gasteiger partial charge in [0.2, 0.25) is 0 Å². The number of rotatable bonds is 3. The lowest BCUT2D eigenvalue weighted by Crippen LogP contribution is -2.01. The van der Waals surface area contributed by atoms with Gasteiger partial charge in [-0.05, 0) is 38.5 Å². The van der Waals surface area contributed by atoms with Crippen LogP contribution >= 0.6 is 0 Å². The standard InChI is InChI=1S/C9H16N2.C5H5N/c1-4-5-6-11-9(3)7-8(2)10-11;1-2-4-6-5-3-1/h7H,4-6H2,1-3H3;1-5H. The highest BCUT2D eigenvalue weighted by Crippen LogP contribution is 2.03. The fraction of sp³-hybridized carbons (Fsp3) is 0.429. The van der Waals surface area contributed by atoms with Crippen LogP contribution in [-0.4, -0.2) is 14.8 Å². The molecule has 0 aliphatic carbocycles. The third-order valence-electron chi connectivity index (χ3n) is 2.39. The van der Waals surface area contributed by atoms with Gasteiger partial charge >= 0.3 is 0 Å². The van der Waals surface area contributed by atoms with E-state index in [1.165, 1.54) is 18.5 Å². The quantitative estimate of drug-likeness (QED) is 0.810. The minimum atomic E-state index is 1.07. The largest absolute Gasteiger partial charge is 0.270 e. The van der Waals surface area contributed by atoms with Crippen LogP contribution < -0.4 is 0 Å². The Hall–Kier alpha value is -1.64. The molecular weight excluding hydrogens is 210 g/mol. The monoisotopic (exact) mass is 231 g/mol. The van der Waals surface area contributed by atoms with Gasteiger partial charge in [-0.15, -0.1) is 0 Å². The van der Waals surface area contributed by atoms with Crippen molar-refractivity contribution in [2.45, 2.75) is 40.2 Å². The Bertz CT molecular complexity index is 380. The van der Waals surface area contributed by atoms with Crippen LogP contribution in [0.15, 0.2) is 36.7 Å². The van der Waals surface area contributed by atoms with Crippen LogP contribution in [0, 0.1) is 13.8 Å². The first-order valence-corrected chi connectivity index (χ1v) is 6.10. The second kappa shape index (κ2) is 7.60. The minimum absolute atomic E-state index is 1.07. The van der Waals surface area contributed by atoms with Crippen molar-refractivity contribution in [2.24, 2.45) is 0 Å². The highest BCUT2D eigenvalue weighted by Gasteiger charge is 1.98. The average Bonchev–Trinajstić information content (AvgIpc) is 2.68. The van der Waals surface area contributed by atoms with E-state index in [0.29, 0.717) is 0 Å². The van der Waals surface area contributed by atoms with E-state index < -0.39 is 0 Å². The SMILES string of the molecule is CCCCn1nc(C)cc1C.c1ccncc1. The molecule has 92 valence electrons. The molecule has 0 unspecified atom stereocenters. The molecule has 0 aliphatic rings. The third-order valence-corrected chi connectivity index (χ3v) is 2.39. The summed E-state index contributed by atoms with van der Waals surface area (Å²) in [5.74, 6) is 0. The summed E-state index contributed by atoms with van der Waals surface area (Å²) in [5.41, 5.74) is 2.40. The molecule has 0 aromatic carbocycles. The summed E-state index contributed by atoms with van der Waals surface area (Å²) < 4.78 is 2.08. The summed E-state index contributed by atoms with van der Waals surface area (Å²) in [7, 11) is 0. The van der Waals surface area contributed by atoms with Crippen LogP contribution in [-0.2, 0) is 6.54 Å². The van der Waals surface area contributed by atoms with Crippen LogP contribution in [0.25, 0.3) is 0 Å². The molecule has 2 heterocycles. The molecule has 0 fully saturated rings. The zero-order valence-electron chi connectivity index (χ0n) is 10.9. The van der Waals surface area contributed by atoms with E-state index in [1.807, 2.05) is 25.1 Å². The maximum atomic E-state index is 4.36. The van der Waals surface area contributed by atoms with E-state index in [4.69, 9.17) is 0 Å². The number of unbranched alkanes of at least 4 members (excludes halogenated alkanes) is 1. The van der Waals surface area contributed by atoms with Gasteiger partial charge in [0.1, 0.15) is 0 Å².